The molecule has 0 saturated carbocycles. The summed E-state index contributed by atoms with van der Waals surface area (Å²) >= 11 is 5.06. The SMILES string of the molecule is C/C=C(\C=C/c1c(C)nc(-c2ccccc2SCC)nc1Br)C(F)(F)F. The number of aryl methyl sites for hydroxylation is 1. The van der Waals surface area contributed by atoms with Crippen molar-refractivity contribution in [2.45, 2.75) is 31.8 Å². The maximum atomic E-state index is 12.9. The third-order valence-corrected chi connectivity index (χ3v) is 5.15. The maximum Gasteiger partial charge on any atom is 0.416 e. The van der Waals surface area contributed by atoms with Crippen LogP contribution in [0, 0.1) is 6.92 Å². The lowest BCUT2D eigenvalue weighted by Gasteiger charge is -2.11. The zero-order valence-corrected chi connectivity index (χ0v) is 17.0. The van der Waals surface area contributed by atoms with Gasteiger partial charge in [0.05, 0.1) is 5.57 Å². The summed E-state index contributed by atoms with van der Waals surface area (Å²) in [6.07, 6.45) is -0.925. The van der Waals surface area contributed by atoms with E-state index in [-0.39, 0.29) is 0 Å². The average molecular weight is 443 g/mol. The Bertz CT molecular complexity index is 822. The molecule has 0 aliphatic rings. The van der Waals surface area contributed by atoms with Gasteiger partial charge in [-0.25, -0.2) is 9.97 Å². The molecule has 0 bridgehead atoms. The second kappa shape index (κ2) is 8.86. The van der Waals surface area contributed by atoms with Gasteiger partial charge in [-0.05, 0) is 53.7 Å². The van der Waals surface area contributed by atoms with E-state index in [1.807, 2.05) is 24.3 Å². The van der Waals surface area contributed by atoms with Gasteiger partial charge in [0.15, 0.2) is 5.82 Å². The molecule has 2 rings (SSSR count). The largest absolute Gasteiger partial charge is 0.416 e. The Morgan fingerprint density at radius 1 is 1.23 bits per heavy atom. The van der Waals surface area contributed by atoms with E-state index in [4.69, 9.17) is 0 Å². The van der Waals surface area contributed by atoms with Crippen molar-refractivity contribution in [2.24, 2.45) is 0 Å². The topological polar surface area (TPSA) is 25.8 Å². The number of benzene rings is 1. The lowest BCUT2D eigenvalue weighted by Crippen LogP contribution is -2.09. The number of alkyl halides is 3. The van der Waals surface area contributed by atoms with E-state index in [2.05, 4.69) is 32.8 Å². The molecule has 1 heterocycles. The highest BCUT2D eigenvalue weighted by Gasteiger charge is 2.30. The summed E-state index contributed by atoms with van der Waals surface area (Å²) in [6.45, 7) is 5.18. The van der Waals surface area contributed by atoms with Gasteiger partial charge in [0.2, 0.25) is 0 Å². The Labute approximate surface area is 163 Å². The van der Waals surface area contributed by atoms with Gasteiger partial charge >= 0.3 is 6.18 Å². The minimum Gasteiger partial charge on any atom is -0.233 e. The summed E-state index contributed by atoms with van der Waals surface area (Å²) in [5, 5.41) is 0. The smallest absolute Gasteiger partial charge is 0.233 e. The molecule has 0 atom stereocenters. The molecule has 0 spiro atoms. The van der Waals surface area contributed by atoms with Crippen molar-refractivity contribution >= 4 is 33.8 Å². The second-order valence-electron chi connectivity index (χ2n) is 5.34. The van der Waals surface area contributed by atoms with Crippen molar-refractivity contribution in [3.8, 4) is 11.4 Å². The van der Waals surface area contributed by atoms with Crippen molar-refractivity contribution in [1.29, 1.82) is 0 Å². The highest BCUT2D eigenvalue weighted by atomic mass is 79.9. The summed E-state index contributed by atoms with van der Waals surface area (Å²) in [6, 6.07) is 7.81. The molecule has 1 aromatic carbocycles. The summed E-state index contributed by atoms with van der Waals surface area (Å²) < 4.78 is 39.0. The molecule has 138 valence electrons. The first kappa shape index (κ1) is 20.7. The molecule has 0 saturated heterocycles. The Hall–Kier alpha value is -1.60. The minimum atomic E-state index is -4.39. The Morgan fingerprint density at radius 3 is 2.50 bits per heavy atom. The van der Waals surface area contributed by atoms with Gasteiger partial charge in [0.25, 0.3) is 0 Å². The number of allylic oxidation sites excluding steroid dienone is 3. The third-order valence-electron chi connectivity index (χ3n) is 3.59. The molecule has 0 amide bonds. The van der Waals surface area contributed by atoms with Crippen molar-refractivity contribution < 1.29 is 13.2 Å². The number of hydrogen-bond donors (Lipinski definition) is 0. The molecule has 0 N–H and O–H groups in total. The van der Waals surface area contributed by atoms with Crippen LogP contribution in [-0.4, -0.2) is 21.9 Å². The monoisotopic (exact) mass is 442 g/mol. The standard InChI is InChI=1S/C19H18BrF3N2S/c1-4-13(19(21,22)23)10-11-14-12(3)24-18(25-17(14)20)15-8-6-7-9-16(15)26-5-2/h4,6-11H,5H2,1-3H3/b11-10-,13-4+. The number of halogens is 4. The zero-order chi connectivity index (χ0) is 19.3. The first-order valence-corrected chi connectivity index (χ1v) is 9.73. The summed E-state index contributed by atoms with van der Waals surface area (Å²) in [5.41, 5.74) is 1.32. The van der Waals surface area contributed by atoms with Crippen LogP contribution in [0.4, 0.5) is 13.2 Å². The number of rotatable bonds is 5. The molecule has 26 heavy (non-hydrogen) atoms. The lowest BCUT2D eigenvalue weighted by atomic mass is 10.1. The van der Waals surface area contributed by atoms with Crippen LogP contribution in [0.2, 0.25) is 0 Å². The predicted molar refractivity (Wildman–Crippen MR) is 105 cm³/mol. The van der Waals surface area contributed by atoms with E-state index in [1.54, 1.807) is 18.7 Å². The van der Waals surface area contributed by atoms with E-state index in [1.165, 1.54) is 13.0 Å². The fourth-order valence-corrected chi connectivity index (χ4v) is 3.70. The molecule has 0 unspecified atom stereocenters. The second-order valence-corrected chi connectivity index (χ2v) is 7.40. The number of hydrogen-bond acceptors (Lipinski definition) is 3. The van der Waals surface area contributed by atoms with Gasteiger partial charge in [-0.2, -0.15) is 13.2 Å². The molecular formula is C19H18BrF3N2S. The molecule has 0 radical (unpaired) electrons. The number of nitrogens with zero attached hydrogens (tertiary/aromatic N) is 2. The van der Waals surface area contributed by atoms with Crippen LogP contribution in [0.5, 0.6) is 0 Å². The summed E-state index contributed by atoms with van der Waals surface area (Å²) in [7, 11) is 0. The quantitative estimate of drug-likeness (QED) is 0.287. The van der Waals surface area contributed by atoms with E-state index in [9.17, 15) is 13.2 Å². The van der Waals surface area contributed by atoms with Crippen LogP contribution >= 0.6 is 27.7 Å². The van der Waals surface area contributed by atoms with Crippen molar-refractivity contribution in [1.82, 2.24) is 9.97 Å². The fraction of sp³-hybridized carbons (Fsp3) is 0.263. The highest BCUT2D eigenvalue weighted by molar-refractivity contribution is 9.10. The molecular weight excluding hydrogens is 425 g/mol. The molecule has 0 aliphatic carbocycles. The van der Waals surface area contributed by atoms with Crippen LogP contribution in [0.25, 0.3) is 17.5 Å². The number of thioether (sulfide) groups is 1. The summed E-state index contributed by atoms with van der Waals surface area (Å²) in [5.74, 6) is 1.46. The van der Waals surface area contributed by atoms with Gasteiger partial charge in [-0.15, -0.1) is 11.8 Å². The molecule has 2 aromatic rings. The fourth-order valence-electron chi connectivity index (χ4n) is 2.32. The van der Waals surface area contributed by atoms with Crippen molar-refractivity contribution in [2.75, 3.05) is 5.75 Å². The highest BCUT2D eigenvalue weighted by Crippen LogP contribution is 2.32. The third kappa shape index (κ3) is 4.98. The van der Waals surface area contributed by atoms with E-state index >= 15 is 0 Å². The molecule has 2 nitrogen and oxygen atoms in total. The summed E-state index contributed by atoms with van der Waals surface area (Å²) in [4.78, 5) is 10.0. The van der Waals surface area contributed by atoms with Crippen LogP contribution in [0.15, 0.2) is 51.5 Å². The minimum absolute atomic E-state index is 0.463. The van der Waals surface area contributed by atoms with Crippen molar-refractivity contribution in [3.05, 3.63) is 57.9 Å². The van der Waals surface area contributed by atoms with Crippen LogP contribution in [0.3, 0.4) is 0 Å². The van der Waals surface area contributed by atoms with Gasteiger partial charge < -0.3 is 0 Å². The van der Waals surface area contributed by atoms with Crippen LogP contribution in [0.1, 0.15) is 25.1 Å². The Morgan fingerprint density at radius 2 is 1.92 bits per heavy atom. The Balaban J connectivity index is 2.44. The van der Waals surface area contributed by atoms with Gasteiger partial charge in [0.1, 0.15) is 4.60 Å². The van der Waals surface area contributed by atoms with E-state index < -0.39 is 11.7 Å². The van der Waals surface area contributed by atoms with Crippen LogP contribution < -0.4 is 0 Å². The first-order valence-electron chi connectivity index (χ1n) is 7.95. The average Bonchev–Trinajstić information content (AvgIpc) is 2.57. The molecule has 1 aromatic heterocycles. The normalized spacial score (nSPS) is 12.8. The van der Waals surface area contributed by atoms with Crippen LogP contribution in [-0.2, 0) is 0 Å². The van der Waals surface area contributed by atoms with E-state index in [0.29, 0.717) is 21.7 Å². The molecule has 7 heteroatoms. The van der Waals surface area contributed by atoms with Crippen molar-refractivity contribution in [3.63, 3.8) is 0 Å². The molecule has 0 aliphatic heterocycles. The van der Waals surface area contributed by atoms with Gasteiger partial charge in [-0.3, -0.25) is 0 Å². The number of aromatic nitrogens is 2. The maximum absolute atomic E-state index is 12.9. The Kier molecular flexibility index (Phi) is 7.06. The lowest BCUT2D eigenvalue weighted by molar-refractivity contribution is -0.0882. The molecule has 0 fully saturated rings. The predicted octanol–water partition coefficient (Wildman–Crippen LogP) is 6.85. The van der Waals surface area contributed by atoms with Gasteiger partial charge in [-0.1, -0.05) is 31.2 Å². The first-order chi connectivity index (χ1) is 12.3. The van der Waals surface area contributed by atoms with E-state index in [0.717, 1.165) is 28.4 Å². The van der Waals surface area contributed by atoms with Gasteiger partial charge in [0, 0.05) is 21.7 Å². The zero-order valence-electron chi connectivity index (χ0n) is 14.6.